The van der Waals surface area contributed by atoms with E-state index in [0.29, 0.717) is 6.54 Å². The van der Waals surface area contributed by atoms with Crippen LogP contribution in [0.1, 0.15) is 19.4 Å². The molecule has 1 rings (SSSR count). The molecule has 0 radical (unpaired) electrons. The Hall–Kier alpha value is -1.38. The fourth-order valence-corrected chi connectivity index (χ4v) is 1.17. The van der Waals surface area contributed by atoms with Gasteiger partial charge in [-0.1, -0.05) is 0 Å². The molecule has 1 heterocycles. The highest BCUT2D eigenvalue weighted by Crippen LogP contribution is 1.89. The van der Waals surface area contributed by atoms with Gasteiger partial charge in [0.2, 0.25) is 6.54 Å². The minimum atomic E-state index is 0.0499. The summed E-state index contributed by atoms with van der Waals surface area (Å²) in [6.45, 7) is 6.33. The third kappa shape index (κ3) is 3.56. The highest BCUT2D eigenvalue weighted by molar-refractivity contribution is 5.74. The molecule has 0 unspecified atom stereocenters. The second kappa shape index (κ2) is 4.74. The topological polar surface area (TPSA) is 33.0 Å². The Labute approximate surface area is 84.8 Å². The summed E-state index contributed by atoms with van der Waals surface area (Å²) in [4.78, 5) is 11.4. The van der Waals surface area contributed by atoms with E-state index in [2.05, 4.69) is 5.32 Å². The van der Waals surface area contributed by atoms with Crippen molar-refractivity contribution in [3.8, 4) is 0 Å². The van der Waals surface area contributed by atoms with E-state index in [1.165, 1.54) is 5.56 Å². The van der Waals surface area contributed by atoms with Crippen molar-refractivity contribution in [2.24, 2.45) is 0 Å². The molecule has 76 valence electrons. The molecule has 0 aromatic carbocycles. The molecule has 1 aromatic rings. The SMILES string of the molecule is Cc1cc[n+](CC(=O)NC(C)C)cc1. The fourth-order valence-electron chi connectivity index (χ4n) is 1.17. The lowest BCUT2D eigenvalue weighted by Crippen LogP contribution is -2.44. The van der Waals surface area contributed by atoms with E-state index in [-0.39, 0.29) is 11.9 Å². The van der Waals surface area contributed by atoms with Crippen molar-refractivity contribution < 1.29 is 9.36 Å². The monoisotopic (exact) mass is 193 g/mol. The molecule has 0 saturated heterocycles. The van der Waals surface area contributed by atoms with Crippen LogP contribution in [-0.4, -0.2) is 11.9 Å². The van der Waals surface area contributed by atoms with Crippen LogP contribution < -0.4 is 9.88 Å². The molecule has 0 aliphatic heterocycles. The summed E-state index contributed by atoms with van der Waals surface area (Å²) in [6.07, 6.45) is 3.82. The van der Waals surface area contributed by atoms with E-state index in [9.17, 15) is 4.79 Å². The normalized spacial score (nSPS) is 10.3. The highest BCUT2D eigenvalue weighted by atomic mass is 16.2. The smallest absolute Gasteiger partial charge is 0.286 e. The largest absolute Gasteiger partial charge is 0.348 e. The molecule has 1 N–H and O–H groups in total. The van der Waals surface area contributed by atoms with Crippen LogP contribution in [0.2, 0.25) is 0 Å². The van der Waals surface area contributed by atoms with Crippen LogP contribution >= 0.6 is 0 Å². The lowest BCUT2D eigenvalue weighted by atomic mass is 10.3. The number of carbonyl (C=O) groups is 1. The van der Waals surface area contributed by atoms with Gasteiger partial charge < -0.3 is 5.32 Å². The van der Waals surface area contributed by atoms with E-state index >= 15 is 0 Å². The number of rotatable bonds is 3. The summed E-state index contributed by atoms with van der Waals surface area (Å²) in [5.41, 5.74) is 1.20. The third-order valence-electron chi connectivity index (χ3n) is 1.83. The van der Waals surface area contributed by atoms with Gasteiger partial charge in [0.05, 0.1) is 0 Å². The minimum absolute atomic E-state index is 0.0499. The summed E-state index contributed by atoms with van der Waals surface area (Å²) < 4.78 is 1.87. The van der Waals surface area contributed by atoms with Crippen molar-refractivity contribution in [1.82, 2.24) is 5.32 Å². The van der Waals surface area contributed by atoms with Gasteiger partial charge in [-0.05, 0) is 26.3 Å². The van der Waals surface area contributed by atoms with Crippen molar-refractivity contribution >= 4 is 5.91 Å². The predicted octanol–water partition coefficient (Wildman–Crippen LogP) is 0.807. The van der Waals surface area contributed by atoms with Gasteiger partial charge in [0.1, 0.15) is 0 Å². The van der Waals surface area contributed by atoms with E-state index in [1.807, 2.05) is 49.9 Å². The Kier molecular flexibility index (Phi) is 3.63. The van der Waals surface area contributed by atoms with Gasteiger partial charge in [0.15, 0.2) is 12.4 Å². The zero-order chi connectivity index (χ0) is 10.6. The van der Waals surface area contributed by atoms with Crippen molar-refractivity contribution in [3.05, 3.63) is 30.1 Å². The number of hydrogen-bond acceptors (Lipinski definition) is 1. The van der Waals surface area contributed by atoms with Gasteiger partial charge in [-0.2, -0.15) is 4.57 Å². The molecular weight excluding hydrogens is 176 g/mol. The Bertz CT molecular complexity index is 304. The van der Waals surface area contributed by atoms with E-state index in [0.717, 1.165) is 0 Å². The first-order chi connectivity index (χ1) is 6.58. The molecule has 0 spiro atoms. The molecule has 0 saturated carbocycles. The van der Waals surface area contributed by atoms with Crippen molar-refractivity contribution in [1.29, 1.82) is 0 Å². The van der Waals surface area contributed by atoms with Crippen LogP contribution in [0.4, 0.5) is 0 Å². The van der Waals surface area contributed by atoms with Gasteiger partial charge >= 0.3 is 0 Å². The zero-order valence-electron chi connectivity index (χ0n) is 8.95. The minimum Gasteiger partial charge on any atom is -0.348 e. The maximum Gasteiger partial charge on any atom is 0.286 e. The lowest BCUT2D eigenvalue weighted by Gasteiger charge is -2.05. The molecule has 1 amide bonds. The fraction of sp³-hybridized carbons (Fsp3) is 0.455. The highest BCUT2D eigenvalue weighted by Gasteiger charge is 2.08. The van der Waals surface area contributed by atoms with E-state index in [4.69, 9.17) is 0 Å². The maximum atomic E-state index is 11.4. The number of aromatic nitrogens is 1. The van der Waals surface area contributed by atoms with Crippen LogP contribution in [0.3, 0.4) is 0 Å². The molecule has 14 heavy (non-hydrogen) atoms. The van der Waals surface area contributed by atoms with Crippen molar-refractivity contribution in [3.63, 3.8) is 0 Å². The summed E-state index contributed by atoms with van der Waals surface area (Å²) in [7, 11) is 0. The third-order valence-corrected chi connectivity index (χ3v) is 1.83. The van der Waals surface area contributed by atoms with Gasteiger partial charge in [-0.25, -0.2) is 0 Å². The standard InChI is InChI=1S/C11H16N2O/c1-9(2)12-11(14)8-13-6-4-10(3)5-7-13/h4-7,9H,8H2,1-3H3/p+1. The molecule has 0 aliphatic rings. The van der Waals surface area contributed by atoms with Gasteiger partial charge in [0.25, 0.3) is 5.91 Å². The van der Waals surface area contributed by atoms with Gasteiger partial charge in [0, 0.05) is 18.2 Å². The van der Waals surface area contributed by atoms with Crippen molar-refractivity contribution in [2.75, 3.05) is 0 Å². The van der Waals surface area contributed by atoms with Crippen LogP contribution in [-0.2, 0) is 11.3 Å². The number of pyridine rings is 1. The lowest BCUT2D eigenvalue weighted by molar-refractivity contribution is -0.684. The molecule has 0 aliphatic carbocycles. The molecular formula is C11H17N2O+. The number of nitrogens with zero attached hydrogens (tertiary/aromatic N) is 1. The zero-order valence-corrected chi connectivity index (χ0v) is 8.95. The quantitative estimate of drug-likeness (QED) is 0.708. The maximum absolute atomic E-state index is 11.4. The summed E-state index contributed by atoms with van der Waals surface area (Å²) in [6, 6.07) is 4.18. The van der Waals surface area contributed by atoms with Gasteiger partial charge in [-0.3, -0.25) is 4.79 Å². The first kappa shape index (κ1) is 10.7. The number of hydrogen-bond donors (Lipinski definition) is 1. The van der Waals surface area contributed by atoms with E-state index in [1.54, 1.807) is 0 Å². The average Bonchev–Trinajstić information content (AvgIpc) is 2.07. The number of amides is 1. The molecule has 3 heteroatoms. The van der Waals surface area contributed by atoms with Gasteiger partial charge in [-0.15, -0.1) is 0 Å². The summed E-state index contributed by atoms with van der Waals surface area (Å²) in [5, 5.41) is 2.85. The van der Waals surface area contributed by atoms with Crippen molar-refractivity contribution in [2.45, 2.75) is 33.4 Å². The Morgan fingerprint density at radius 2 is 2.00 bits per heavy atom. The number of aryl methyl sites for hydroxylation is 1. The second-order valence-electron chi connectivity index (χ2n) is 3.77. The summed E-state index contributed by atoms with van der Waals surface area (Å²) in [5.74, 6) is 0.0499. The average molecular weight is 193 g/mol. The van der Waals surface area contributed by atoms with E-state index < -0.39 is 0 Å². The second-order valence-corrected chi connectivity index (χ2v) is 3.77. The Balaban J connectivity index is 2.52. The molecule has 3 nitrogen and oxygen atoms in total. The summed E-state index contributed by atoms with van der Waals surface area (Å²) >= 11 is 0. The molecule has 0 fully saturated rings. The predicted molar refractivity (Wildman–Crippen MR) is 54.7 cm³/mol. The van der Waals surface area contributed by atoms with Crippen LogP contribution in [0.25, 0.3) is 0 Å². The molecule has 1 aromatic heterocycles. The number of nitrogens with one attached hydrogen (secondary N) is 1. The Morgan fingerprint density at radius 1 is 1.43 bits per heavy atom. The van der Waals surface area contributed by atoms with Crippen LogP contribution in [0, 0.1) is 6.92 Å². The number of carbonyl (C=O) groups excluding carboxylic acids is 1. The Morgan fingerprint density at radius 3 is 2.50 bits per heavy atom. The first-order valence-corrected chi connectivity index (χ1v) is 4.83. The van der Waals surface area contributed by atoms with Crippen LogP contribution in [0.5, 0.6) is 0 Å². The molecule has 0 atom stereocenters. The first-order valence-electron chi connectivity index (χ1n) is 4.83. The van der Waals surface area contributed by atoms with Crippen LogP contribution in [0.15, 0.2) is 24.5 Å². The molecule has 0 bridgehead atoms.